The van der Waals surface area contributed by atoms with Crippen LogP contribution in [0.1, 0.15) is 11.1 Å². The fourth-order valence-electron chi connectivity index (χ4n) is 3.09. The molecular formula is C16H15BrN4O2. The second-order valence-corrected chi connectivity index (χ2v) is 6.47. The van der Waals surface area contributed by atoms with Crippen molar-refractivity contribution in [3.8, 4) is 0 Å². The number of carbonyl (C=O) groups is 1. The van der Waals surface area contributed by atoms with E-state index in [-0.39, 0.29) is 6.09 Å². The third-order valence-electron chi connectivity index (χ3n) is 4.18. The van der Waals surface area contributed by atoms with E-state index in [0.717, 1.165) is 35.6 Å². The molecule has 1 aromatic heterocycles. The Morgan fingerprint density at radius 2 is 2.00 bits per heavy atom. The lowest BCUT2D eigenvalue weighted by molar-refractivity contribution is 0.181. The standard InChI is InChI=1S/C16H15BrN4O2/c17-12-8-18-15(19-9-12)20-5-4-13-11(10-20)2-1-3-14(13)21-6-7-23-16(21)22/h1-3,8-9H,4-7,10H2. The summed E-state index contributed by atoms with van der Waals surface area (Å²) in [6.07, 6.45) is 4.12. The molecular weight excluding hydrogens is 360 g/mol. The number of amides is 1. The highest BCUT2D eigenvalue weighted by Crippen LogP contribution is 2.31. The second kappa shape index (κ2) is 5.81. The number of aromatic nitrogens is 2. The molecule has 0 spiro atoms. The Morgan fingerprint density at radius 3 is 2.74 bits per heavy atom. The Bertz CT molecular complexity index is 750. The highest BCUT2D eigenvalue weighted by Gasteiger charge is 2.28. The highest BCUT2D eigenvalue weighted by atomic mass is 79.9. The molecule has 0 aliphatic carbocycles. The van der Waals surface area contributed by atoms with Gasteiger partial charge in [0.05, 0.1) is 16.7 Å². The molecule has 0 unspecified atom stereocenters. The summed E-state index contributed by atoms with van der Waals surface area (Å²) in [5, 5.41) is 0. The van der Waals surface area contributed by atoms with Gasteiger partial charge in [-0.05, 0) is 39.5 Å². The average Bonchev–Trinajstić information content (AvgIpc) is 3.00. The molecule has 3 heterocycles. The van der Waals surface area contributed by atoms with E-state index in [4.69, 9.17) is 4.74 Å². The number of anilines is 2. The summed E-state index contributed by atoms with van der Waals surface area (Å²) < 4.78 is 5.93. The number of hydrogen-bond acceptors (Lipinski definition) is 5. The van der Waals surface area contributed by atoms with Gasteiger partial charge in [0.1, 0.15) is 6.61 Å². The van der Waals surface area contributed by atoms with Crippen molar-refractivity contribution in [2.75, 3.05) is 29.5 Å². The van der Waals surface area contributed by atoms with Crippen LogP contribution in [-0.2, 0) is 17.7 Å². The summed E-state index contributed by atoms with van der Waals surface area (Å²) in [5.41, 5.74) is 3.40. The summed E-state index contributed by atoms with van der Waals surface area (Å²) in [5.74, 6) is 0.727. The third-order valence-corrected chi connectivity index (χ3v) is 4.59. The molecule has 0 radical (unpaired) electrons. The molecule has 1 saturated heterocycles. The molecule has 6 nitrogen and oxygen atoms in total. The molecule has 0 N–H and O–H groups in total. The normalized spacial score (nSPS) is 17.2. The van der Waals surface area contributed by atoms with Crippen LogP contribution >= 0.6 is 15.9 Å². The monoisotopic (exact) mass is 374 g/mol. The van der Waals surface area contributed by atoms with Crippen LogP contribution in [0.25, 0.3) is 0 Å². The molecule has 7 heteroatoms. The minimum atomic E-state index is -0.253. The molecule has 4 rings (SSSR count). The summed E-state index contributed by atoms with van der Waals surface area (Å²) in [7, 11) is 0. The van der Waals surface area contributed by atoms with Gasteiger partial charge in [0, 0.05) is 25.5 Å². The first-order valence-electron chi connectivity index (χ1n) is 7.50. The van der Waals surface area contributed by atoms with Gasteiger partial charge in [-0.1, -0.05) is 12.1 Å². The predicted molar refractivity (Wildman–Crippen MR) is 89.6 cm³/mol. The van der Waals surface area contributed by atoms with E-state index < -0.39 is 0 Å². The van der Waals surface area contributed by atoms with Crippen LogP contribution in [0, 0.1) is 0 Å². The van der Waals surface area contributed by atoms with Crippen molar-refractivity contribution in [1.82, 2.24) is 9.97 Å². The first kappa shape index (κ1) is 14.4. The zero-order chi connectivity index (χ0) is 15.8. The molecule has 2 aliphatic rings. The van der Waals surface area contributed by atoms with Gasteiger partial charge in [-0.3, -0.25) is 4.90 Å². The number of hydrogen-bond donors (Lipinski definition) is 0. The summed E-state index contributed by atoms with van der Waals surface area (Å²) in [6, 6.07) is 6.09. The van der Waals surface area contributed by atoms with E-state index in [9.17, 15) is 4.79 Å². The van der Waals surface area contributed by atoms with Crippen molar-refractivity contribution in [1.29, 1.82) is 0 Å². The number of carbonyl (C=O) groups excluding carboxylic acids is 1. The van der Waals surface area contributed by atoms with Crippen LogP contribution in [0.3, 0.4) is 0 Å². The minimum absolute atomic E-state index is 0.253. The number of fused-ring (bicyclic) bond motifs is 1. The van der Waals surface area contributed by atoms with E-state index in [2.05, 4.69) is 36.9 Å². The van der Waals surface area contributed by atoms with E-state index in [1.54, 1.807) is 17.3 Å². The molecule has 1 fully saturated rings. The van der Waals surface area contributed by atoms with Crippen molar-refractivity contribution >= 4 is 33.7 Å². The van der Waals surface area contributed by atoms with Gasteiger partial charge >= 0.3 is 6.09 Å². The topological polar surface area (TPSA) is 58.6 Å². The molecule has 118 valence electrons. The van der Waals surface area contributed by atoms with Gasteiger partial charge in [0.25, 0.3) is 0 Å². The Balaban J connectivity index is 1.63. The van der Waals surface area contributed by atoms with E-state index >= 15 is 0 Å². The predicted octanol–water partition coefficient (Wildman–Crippen LogP) is 2.76. The molecule has 1 aromatic carbocycles. The first-order valence-corrected chi connectivity index (χ1v) is 8.29. The number of halogens is 1. The average molecular weight is 375 g/mol. The molecule has 2 aliphatic heterocycles. The lowest BCUT2D eigenvalue weighted by atomic mass is 9.97. The number of cyclic esters (lactones) is 1. The maximum atomic E-state index is 11.8. The lowest BCUT2D eigenvalue weighted by Crippen LogP contribution is -2.34. The summed E-state index contributed by atoms with van der Waals surface area (Å²) >= 11 is 3.36. The summed E-state index contributed by atoms with van der Waals surface area (Å²) in [4.78, 5) is 24.5. The Morgan fingerprint density at radius 1 is 1.17 bits per heavy atom. The van der Waals surface area contributed by atoms with Crippen molar-refractivity contribution < 1.29 is 9.53 Å². The molecule has 0 saturated carbocycles. The van der Waals surface area contributed by atoms with Crippen LogP contribution in [0.5, 0.6) is 0 Å². The molecule has 0 atom stereocenters. The van der Waals surface area contributed by atoms with Gasteiger partial charge in [-0.15, -0.1) is 0 Å². The van der Waals surface area contributed by atoms with Gasteiger partial charge in [-0.2, -0.15) is 0 Å². The molecule has 23 heavy (non-hydrogen) atoms. The van der Waals surface area contributed by atoms with Crippen molar-refractivity contribution in [2.24, 2.45) is 0 Å². The lowest BCUT2D eigenvalue weighted by Gasteiger charge is -2.31. The minimum Gasteiger partial charge on any atom is -0.447 e. The molecule has 2 aromatic rings. The maximum absolute atomic E-state index is 11.8. The zero-order valence-corrected chi connectivity index (χ0v) is 14.0. The smallest absolute Gasteiger partial charge is 0.414 e. The summed E-state index contributed by atoms with van der Waals surface area (Å²) in [6.45, 7) is 2.65. The molecule has 1 amide bonds. The van der Waals surface area contributed by atoms with Crippen LogP contribution in [0.15, 0.2) is 35.1 Å². The van der Waals surface area contributed by atoms with Crippen LogP contribution in [0.2, 0.25) is 0 Å². The van der Waals surface area contributed by atoms with Crippen molar-refractivity contribution in [2.45, 2.75) is 13.0 Å². The van der Waals surface area contributed by atoms with Crippen LogP contribution in [-0.4, -0.2) is 35.8 Å². The van der Waals surface area contributed by atoms with Crippen LogP contribution in [0.4, 0.5) is 16.4 Å². The quantitative estimate of drug-likeness (QED) is 0.808. The fraction of sp³-hybridized carbons (Fsp3) is 0.312. The number of rotatable bonds is 2. The van der Waals surface area contributed by atoms with E-state index in [1.807, 2.05) is 12.1 Å². The second-order valence-electron chi connectivity index (χ2n) is 5.55. The number of nitrogens with zero attached hydrogens (tertiary/aromatic N) is 4. The van der Waals surface area contributed by atoms with Crippen LogP contribution < -0.4 is 9.80 Å². The van der Waals surface area contributed by atoms with Gasteiger partial charge in [0.15, 0.2) is 0 Å². The van der Waals surface area contributed by atoms with Crippen molar-refractivity contribution in [3.05, 3.63) is 46.2 Å². The van der Waals surface area contributed by atoms with E-state index in [1.165, 1.54) is 11.1 Å². The highest BCUT2D eigenvalue weighted by molar-refractivity contribution is 9.10. The van der Waals surface area contributed by atoms with Crippen molar-refractivity contribution in [3.63, 3.8) is 0 Å². The SMILES string of the molecule is O=C1OCCN1c1cccc2c1CCN(c1ncc(Br)cn1)C2. The van der Waals surface area contributed by atoms with E-state index in [0.29, 0.717) is 13.2 Å². The number of ether oxygens (including phenoxy) is 1. The largest absolute Gasteiger partial charge is 0.447 e. The van der Waals surface area contributed by atoms with Gasteiger partial charge in [-0.25, -0.2) is 14.8 Å². The Kier molecular flexibility index (Phi) is 3.65. The third kappa shape index (κ3) is 2.65. The first-order chi connectivity index (χ1) is 11.2. The maximum Gasteiger partial charge on any atom is 0.414 e. The Hall–Kier alpha value is -2.15. The Labute approximate surface area is 142 Å². The zero-order valence-electron chi connectivity index (χ0n) is 12.4. The molecule has 0 bridgehead atoms. The number of benzene rings is 1. The fourth-order valence-corrected chi connectivity index (χ4v) is 3.30. The van der Waals surface area contributed by atoms with Gasteiger partial charge in [0.2, 0.25) is 5.95 Å². The van der Waals surface area contributed by atoms with Gasteiger partial charge < -0.3 is 9.64 Å².